The van der Waals surface area contributed by atoms with E-state index >= 15 is 0 Å². The first-order valence-electron chi connectivity index (χ1n) is 6.92. The summed E-state index contributed by atoms with van der Waals surface area (Å²) < 4.78 is 10.3. The van der Waals surface area contributed by atoms with E-state index in [0.717, 1.165) is 17.9 Å². The van der Waals surface area contributed by atoms with E-state index in [1.165, 1.54) is 12.7 Å². The van der Waals surface area contributed by atoms with Crippen LogP contribution in [0.15, 0.2) is 18.2 Å². The number of nitrogens with zero attached hydrogens (tertiary/aromatic N) is 1. The van der Waals surface area contributed by atoms with Crippen molar-refractivity contribution in [2.24, 2.45) is 0 Å². The summed E-state index contributed by atoms with van der Waals surface area (Å²) in [6.45, 7) is 6.77. The second-order valence-electron chi connectivity index (χ2n) is 5.98. The SMILES string of the molecule is COC(=O)CN1c2c(OC)cccc2C(C)CC1(C)C. The van der Waals surface area contributed by atoms with E-state index in [-0.39, 0.29) is 18.1 Å². The zero-order valence-electron chi connectivity index (χ0n) is 12.9. The first-order chi connectivity index (χ1) is 9.40. The Labute approximate surface area is 120 Å². The van der Waals surface area contributed by atoms with E-state index in [1.54, 1.807) is 7.11 Å². The van der Waals surface area contributed by atoms with Crippen LogP contribution in [-0.4, -0.2) is 32.3 Å². The summed E-state index contributed by atoms with van der Waals surface area (Å²) in [5, 5.41) is 0. The standard InChI is InChI=1S/C16H23NO3/c1-11-9-16(2,3)17(10-14(18)20-5)15-12(11)7-6-8-13(15)19-4/h6-8,11H,9-10H2,1-5H3. The summed E-state index contributed by atoms with van der Waals surface area (Å²) in [4.78, 5) is 13.9. The van der Waals surface area contributed by atoms with Crippen LogP contribution in [0.3, 0.4) is 0 Å². The first-order valence-corrected chi connectivity index (χ1v) is 6.92. The van der Waals surface area contributed by atoms with Crippen molar-refractivity contribution in [2.45, 2.75) is 38.6 Å². The van der Waals surface area contributed by atoms with Crippen LogP contribution in [0.2, 0.25) is 0 Å². The van der Waals surface area contributed by atoms with Gasteiger partial charge in [-0.3, -0.25) is 4.79 Å². The van der Waals surface area contributed by atoms with Crippen molar-refractivity contribution in [3.63, 3.8) is 0 Å². The van der Waals surface area contributed by atoms with E-state index in [0.29, 0.717) is 5.92 Å². The minimum Gasteiger partial charge on any atom is -0.495 e. The van der Waals surface area contributed by atoms with Gasteiger partial charge in [0.25, 0.3) is 0 Å². The molecule has 0 N–H and O–H groups in total. The fourth-order valence-corrected chi connectivity index (χ4v) is 3.15. The van der Waals surface area contributed by atoms with Crippen LogP contribution in [0.4, 0.5) is 5.69 Å². The zero-order chi connectivity index (χ0) is 14.9. The van der Waals surface area contributed by atoms with Crippen molar-refractivity contribution < 1.29 is 14.3 Å². The van der Waals surface area contributed by atoms with Gasteiger partial charge in [0.2, 0.25) is 0 Å². The summed E-state index contributed by atoms with van der Waals surface area (Å²) in [6, 6.07) is 6.06. The van der Waals surface area contributed by atoms with Gasteiger partial charge in [-0.1, -0.05) is 19.1 Å². The second-order valence-corrected chi connectivity index (χ2v) is 5.98. The molecule has 0 bridgehead atoms. The zero-order valence-corrected chi connectivity index (χ0v) is 12.9. The molecule has 0 amide bonds. The molecule has 1 aliphatic heterocycles. The van der Waals surface area contributed by atoms with Gasteiger partial charge in [0.15, 0.2) is 0 Å². The Balaban J connectivity index is 2.54. The third-order valence-corrected chi connectivity index (χ3v) is 4.10. The van der Waals surface area contributed by atoms with Gasteiger partial charge in [0, 0.05) is 5.54 Å². The largest absolute Gasteiger partial charge is 0.495 e. The summed E-state index contributed by atoms with van der Waals surface area (Å²) in [6.07, 6.45) is 0.990. The number of esters is 1. The highest BCUT2D eigenvalue weighted by Crippen LogP contribution is 2.47. The number of carbonyl (C=O) groups excluding carboxylic acids is 1. The lowest BCUT2D eigenvalue weighted by atomic mass is 9.80. The topological polar surface area (TPSA) is 38.8 Å². The number of rotatable bonds is 3. The Bertz CT molecular complexity index is 510. The number of anilines is 1. The molecule has 1 aromatic carbocycles. The molecular formula is C16H23NO3. The third-order valence-electron chi connectivity index (χ3n) is 4.10. The molecule has 0 saturated carbocycles. The van der Waals surface area contributed by atoms with Gasteiger partial charge in [0.1, 0.15) is 12.3 Å². The Morgan fingerprint density at radius 2 is 2.10 bits per heavy atom. The maximum Gasteiger partial charge on any atom is 0.325 e. The Kier molecular flexibility index (Phi) is 3.93. The highest BCUT2D eigenvalue weighted by atomic mass is 16.5. The predicted octanol–water partition coefficient (Wildman–Crippen LogP) is 2.96. The summed E-state index contributed by atoms with van der Waals surface area (Å²) in [7, 11) is 3.09. The minimum atomic E-state index is -0.232. The highest BCUT2D eigenvalue weighted by molar-refractivity contribution is 5.79. The number of benzene rings is 1. The molecule has 0 saturated heterocycles. The number of hydrogen-bond acceptors (Lipinski definition) is 4. The lowest BCUT2D eigenvalue weighted by Gasteiger charge is -2.47. The van der Waals surface area contributed by atoms with Crippen LogP contribution < -0.4 is 9.64 Å². The van der Waals surface area contributed by atoms with Gasteiger partial charge in [-0.2, -0.15) is 0 Å². The van der Waals surface area contributed by atoms with Crippen molar-refractivity contribution >= 4 is 11.7 Å². The Morgan fingerprint density at radius 3 is 2.70 bits per heavy atom. The molecule has 1 unspecified atom stereocenters. The molecule has 1 atom stereocenters. The van der Waals surface area contributed by atoms with Crippen LogP contribution >= 0.6 is 0 Å². The molecule has 2 rings (SSSR count). The molecule has 20 heavy (non-hydrogen) atoms. The van der Waals surface area contributed by atoms with Crippen LogP contribution in [0, 0.1) is 0 Å². The van der Waals surface area contributed by atoms with E-state index < -0.39 is 0 Å². The van der Waals surface area contributed by atoms with Gasteiger partial charge in [-0.25, -0.2) is 0 Å². The maximum absolute atomic E-state index is 11.8. The van der Waals surface area contributed by atoms with Crippen molar-refractivity contribution in [1.82, 2.24) is 0 Å². The van der Waals surface area contributed by atoms with Crippen LogP contribution in [0.1, 0.15) is 38.7 Å². The molecule has 0 aromatic heterocycles. The molecule has 110 valence electrons. The average molecular weight is 277 g/mol. The predicted molar refractivity (Wildman–Crippen MR) is 79.5 cm³/mol. The number of fused-ring (bicyclic) bond motifs is 1. The lowest BCUT2D eigenvalue weighted by Crippen LogP contribution is -2.50. The van der Waals surface area contributed by atoms with Crippen molar-refractivity contribution in [3.05, 3.63) is 23.8 Å². The van der Waals surface area contributed by atoms with Gasteiger partial charge >= 0.3 is 5.97 Å². The fraction of sp³-hybridized carbons (Fsp3) is 0.562. The van der Waals surface area contributed by atoms with Crippen molar-refractivity contribution in [1.29, 1.82) is 0 Å². The van der Waals surface area contributed by atoms with Crippen LogP contribution in [0.25, 0.3) is 0 Å². The number of hydrogen-bond donors (Lipinski definition) is 0. The van der Waals surface area contributed by atoms with Crippen LogP contribution in [0.5, 0.6) is 5.75 Å². The van der Waals surface area contributed by atoms with Gasteiger partial charge < -0.3 is 14.4 Å². The quantitative estimate of drug-likeness (QED) is 0.796. The monoisotopic (exact) mass is 277 g/mol. The summed E-state index contributed by atoms with van der Waals surface area (Å²) >= 11 is 0. The molecule has 4 heteroatoms. The lowest BCUT2D eigenvalue weighted by molar-refractivity contribution is -0.139. The molecule has 1 heterocycles. The maximum atomic E-state index is 11.8. The normalized spacial score (nSPS) is 20.2. The molecular weight excluding hydrogens is 254 g/mol. The number of para-hydroxylation sites is 1. The number of ether oxygens (including phenoxy) is 2. The van der Waals surface area contributed by atoms with Gasteiger partial charge in [0.05, 0.1) is 19.9 Å². The Hall–Kier alpha value is -1.71. The molecule has 0 aliphatic carbocycles. The fourth-order valence-electron chi connectivity index (χ4n) is 3.15. The molecule has 1 aromatic rings. The molecule has 4 nitrogen and oxygen atoms in total. The van der Waals surface area contributed by atoms with E-state index in [4.69, 9.17) is 9.47 Å². The smallest absolute Gasteiger partial charge is 0.325 e. The molecule has 0 fully saturated rings. The summed E-state index contributed by atoms with van der Waals surface area (Å²) in [5.41, 5.74) is 2.13. The van der Waals surface area contributed by atoms with Crippen molar-refractivity contribution in [2.75, 3.05) is 25.7 Å². The van der Waals surface area contributed by atoms with E-state index in [9.17, 15) is 4.79 Å². The second kappa shape index (κ2) is 5.35. The first kappa shape index (κ1) is 14.7. The van der Waals surface area contributed by atoms with Gasteiger partial charge in [-0.05, 0) is 37.8 Å². The molecule has 0 spiro atoms. The number of methoxy groups -OCH3 is 2. The third kappa shape index (κ3) is 2.47. The summed E-state index contributed by atoms with van der Waals surface area (Å²) in [5.74, 6) is 1.01. The molecule has 0 radical (unpaired) electrons. The van der Waals surface area contributed by atoms with E-state index in [2.05, 4.69) is 31.7 Å². The van der Waals surface area contributed by atoms with Crippen molar-refractivity contribution in [3.8, 4) is 5.75 Å². The Morgan fingerprint density at radius 1 is 1.40 bits per heavy atom. The highest BCUT2D eigenvalue weighted by Gasteiger charge is 2.39. The average Bonchev–Trinajstić information content (AvgIpc) is 2.41. The van der Waals surface area contributed by atoms with Gasteiger partial charge in [-0.15, -0.1) is 0 Å². The molecule has 1 aliphatic rings. The van der Waals surface area contributed by atoms with E-state index in [1.807, 2.05) is 12.1 Å². The minimum absolute atomic E-state index is 0.116. The number of carbonyl (C=O) groups is 1. The van der Waals surface area contributed by atoms with Crippen LogP contribution in [-0.2, 0) is 9.53 Å².